The molecule has 1 radical (unpaired) electrons. The number of hydrogen-bond acceptors (Lipinski definition) is 2. The van der Waals surface area contributed by atoms with E-state index in [4.69, 9.17) is 16.3 Å². The molecule has 0 amide bonds. The molecule has 0 N–H and O–H groups in total. The summed E-state index contributed by atoms with van der Waals surface area (Å²) in [6.45, 7) is 1.85. The smallest absolute Gasteiger partial charge is 0.181 e. The van der Waals surface area contributed by atoms with Crippen LogP contribution in [0.25, 0.3) is 16.7 Å². The highest BCUT2D eigenvalue weighted by Crippen LogP contribution is 2.30. The summed E-state index contributed by atoms with van der Waals surface area (Å²) in [4.78, 5) is 1.09. The van der Waals surface area contributed by atoms with Gasteiger partial charge in [-0.15, -0.1) is 11.8 Å². The van der Waals surface area contributed by atoms with Gasteiger partial charge in [-0.3, -0.25) is 5.11 Å². The fraction of sp³-hybridized carbons (Fsp3) is 0.103. The van der Waals surface area contributed by atoms with Crippen molar-refractivity contribution >= 4 is 28.9 Å². The maximum absolute atomic E-state index is 11.7. The average Bonchev–Trinajstić information content (AvgIpc) is 2.85. The Bertz CT molecular complexity index is 1240. The van der Waals surface area contributed by atoms with Gasteiger partial charge in [0.25, 0.3) is 0 Å². The summed E-state index contributed by atoms with van der Waals surface area (Å²) in [6.07, 6.45) is 2.23. The van der Waals surface area contributed by atoms with E-state index in [0.29, 0.717) is 0 Å². The Morgan fingerprint density at radius 2 is 1.42 bits per heavy atom. The van der Waals surface area contributed by atoms with E-state index in [9.17, 15) is 5.11 Å². The lowest BCUT2D eigenvalue weighted by atomic mass is 9.95. The van der Waals surface area contributed by atoms with Crippen molar-refractivity contribution in [2.24, 2.45) is 0 Å². The van der Waals surface area contributed by atoms with Crippen molar-refractivity contribution in [2.45, 2.75) is 11.8 Å². The van der Waals surface area contributed by atoms with Gasteiger partial charge in [0.2, 0.25) is 0 Å². The average molecular weight is 472 g/mol. The third-order valence-electron chi connectivity index (χ3n) is 5.46. The minimum Gasteiger partial charge on any atom is -0.497 e. The maximum Gasteiger partial charge on any atom is 0.181 e. The zero-order valence-electron chi connectivity index (χ0n) is 18.5. The van der Waals surface area contributed by atoms with Crippen molar-refractivity contribution in [3.05, 3.63) is 119 Å². The largest absolute Gasteiger partial charge is 0.497 e. The molecule has 2 nitrogen and oxygen atoms in total. The van der Waals surface area contributed by atoms with Crippen LogP contribution in [0.5, 0.6) is 11.5 Å². The lowest BCUT2D eigenvalue weighted by Gasteiger charge is -2.11. The van der Waals surface area contributed by atoms with Gasteiger partial charge in [-0.05, 0) is 82.8 Å². The van der Waals surface area contributed by atoms with Crippen molar-refractivity contribution in [2.75, 3.05) is 12.9 Å². The zero-order chi connectivity index (χ0) is 23.2. The highest BCUT2D eigenvalue weighted by Gasteiger charge is 2.07. The molecular weight excluding hydrogens is 448 g/mol. The number of halogens is 1. The quantitative estimate of drug-likeness (QED) is 0.252. The summed E-state index contributed by atoms with van der Waals surface area (Å²) in [5, 5.41) is 12.4. The Morgan fingerprint density at radius 3 is 2.00 bits per heavy atom. The zero-order valence-corrected chi connectivity index (χ0v) is 20.1. The number of methoxy groups -OCH3 is 1. The van der Waals surface area contributed by atoms with Crippen LogP contribution in [0.15, 0.2) is 102 Å². The van der Waals surface area contributed by atoms with Gasteiger partial charge in [0.05, 0.1) is 7.11 Å². The summed E-state index contributed by atoms with van der Waals surface area (Å²) < 4.78 is 5.26. The van der Waals surface area contributed by atoms with Gasteiger partial charge in [0.1, 0.15) is 5.75 Å². The monoisotopic (exact) mass is 471 g/mol. The molecule has 0 spiro atoms. The van der Waals surface area contributed by atoms with Gasteiger partial charge >= 0.3 is 0 Å². The molecule has 4 heteroatoms. The topological polar surface area (TPSA) is 29.1 Å². The van der Waals surface area contributed by atoms with E-state index in [2.05, 4.69) is 42.5 Å². The number of benzene rings is 4. The lowest BCUT2D eigenvalue weighted by Crippen LogP contribution is -1.90. The van der Waals surface area contributed by atoms with Gasteiger partial charge in [-0.1, -0.05) is 66.2 Å². The molecule has 0 saturated carbocycles. The van der Waals surface area contributed by atoms with E-state index in [1.54, 1.807) is 24.9 Å². The predicted octanol–water partition coefficient (Wildman–Crippen LogP) is 8.69. The second-order valence-corrected chi connectivity index (χ2v) is 9.20. The number of rotatable bonds is 7. The van der Waals surface area contributed by atoms with Crippen LogP contribution in [0.1, 0.15) is 16.7 Å². The Labute approximate surface area is 204 Å². The third-order valence-corrected chi connectivity index (χ3v) is 6.63. The summed E-state index contributed by atoms with van der Waals surface area (Å²) in [5.74, 6) is 1.71. The molecule has 4 rings (SSSR count). The molecule has 33 heavy (non-hydrogen) atoms. The molecule has 0 fully saturated rings. The van der Waals surface area contributed by atoms with Gasteiger partial charge in [0, 0.05) is 15.7 Å². The molecule has 165 valence electrons. The lowest BCUT2D eigenvalue weighted by molar-refractivity contribution is 0.351. The van der Waals surface area contributed by atoms with Gasteiger partial charge in [-0.2, -0.15) is 0 Å². The summed E-state index contributed by atoms with van der Waals surface area (Å²) in [6, 6.07) is 30.1. The summed E-state index contributed by atoms with van der Waals surface area (Å²) in [5.41, 5.74) is 6.48. The number of thioether (sulfide) groups is 1. The Hall–Kier alpha value is -3.14. The molecular formula is C29H24ClO2S. The second kappa shape index (κ2) is 10.7. The minimum atomic E-state index is 0.0775. The van der Waals surface area contributed by atoms with E-state index >= 15 is 0 Å². The molecule has 0 heterocycles. The van der Waals surface area contributed by atoms with Gasteiger partial charge < -0.3 is 4.74 Å². The number of hydrogen-bond donors (Lipinski definition) is 0. The number of ether oxygens (including phenoxy) is 1. The van der Waals surface area contributed by atoms with Crippen LogP contribution in [-0.4, -0.2) is 12.9 Å². The molecule has 4 aromatic rings. The van der Waals surface area contributed by atoms with Crippen LogP contribution in [0, 0.1) is 6.92 Å². The standard InChI is InChI=1S/C29H24ClO2S/c1-20-19-27(15-16-29(20)31)33-18-17-28(24-7-11-25(30)12-8-24)23-5-3-21(4-6-23)22-9-13-26(32-2)14-10-22/h3-17,19H,18H2,1-2H3. The maximum atomic E-state index is 11.7. The first-order valence-corrected chi connectivity index (χ1v) is 12.0. The fourth-order valence-electron chi connectivity index (χ4n) is 3.59. The van der Waals surface area contributed by atoms with Crippen LogP contribution in [-0.2, 0) is 5.11 Å². The minimum absolute atomic E-state index is 0.0775. The molecule has 0 saturated heterocycles. The van der Waals surface area contributed by atoms with E-state index in [0.717, 1.165) is 54.8 Å². The summed E-state index contributed by atoms with van der Waals surface area (Å²) >= 11 is 7.84. The van der Waals surface area contributed by atoms with Crippen molar-refractivity contribution in [3.8, 4) is 22.6 Å². The SMILES string of the molecule is COc1ccc(-c2ccc(C(=CCSc3ccc([O])c(C)c3)c3ccc(Cl)cc3)cc2)cc1. The van der Waals surface area contributed by atoms with Crippen molar-refractivity contribution in [3.63, 3.8) is 0 Å². The fourth-order valence-corrected chi connectivity index (χ4v) is 4.58. The van der Waals surface area contributed by atoms with Gasteiger partial charge in [0.15, 0.2) is 5.75 Å². The van der Waals surface area contributed by atoms with Crippen molar-refractivity contribution in [1.82, 2.24) is 0 Å². The Morgan fingerprint density at radius 1 is 0.848 bits per heavy atom. The van der Waals surface area contributed by atoms with Crippen LogP contribution in [0.4, 0.5) is 0 Å². The molecule has 0 bridgehead atoms. The molecule has 0 aromatic heterocycles. The van der Waals surface area contributed by atoms with Crippen molar-refractivity contribution in [1.29, 1.82) is 0 Å². The van der Waals surface area contributed by atoms with E-state index < -0.39 is 0 Å². The Kier molecular flexibility index (Phi) is 7.43. The molecule has 0 aliphatic rings. The van der Waals surface area contributed by atoms with Crippen molar-refractivity contribution < 1.29 is 9.84 Å². The van der Waals surface area contributed by atoms with Crippen LogP contribution >= 0.6 is 23.4 Å². The van der Waals surface area contributed by atoms with E-state index in [1.807, 2.05) is 55.5 Å². The van der Waals surface area contributed by atoms with E-state index in [-0.39, 0.29) is 5.75 Å². The first-order valence-electron chi connectivity index (χ1n) is 10.6. The molecule has 4 aromatic carbocycles. The second-order valence-electron chi connectivity index (χ2n) is 7.67. The molecule has 0 atom stereocenters. The molecule has 0 unspecified atom stereocenters. The van der Waals surface area contributed by atoms with Gasteiger partial charge in [-0.25, -0.2) is 0 Å². The number of aryl methyl sites for hydroxylation is 1. The van der Waals surface area contributed by atoms with Crippen LogP contribution in [0.2, 0.25) is 5.02 Å². The molecule has 0 aliphatic carbocycles. The highest BCUT2D eigenvalue weighted by molar-refractivity contribution is 7.99. The Balaban J connectivity index is 1.60. The predicted molar refractivity (Wildman–Crippen MR) is 139 cm³/mol. The highest BCUT2D eigenvalue weighted by atomic mass is 35.5. The van der Waals surface area contributed by atoms with E-state index in [1.165, 1.54) is 0 Å². The van der Waals surface area contributed by atoms with Crippen LogP contribution in [0.3, 0.4) is 0 Å². The van der Waals surface area contributed by atoms with Crippen LogP contribution < -0.4 is 4.74 Å². The first-order chi connectivity index (χ1) is 16.0. The first kappa shape index (κ1) is 23.0. The summed E-state index contributed by atoms with van der Waals surface area (Å²) in [7, 11) is 1.67. The third kappa shape index (κ3) is 5.81. The normalized spacial score (nSPS) is 11.4. The molecule has 0 aliphatic heterocycles.